The average molecular weight is 378 g/mol. The molecule has 3 aromatic rings. The second-order valence-electron chi connectivity index (χ2n) is 5.29. The Labute approximate surface area is 154 Å². The first-order valence-corrected chi connectivity index (χ1v) is 9.22. The summed E-state index contributed by atoms with van der Waals surface area (Å²) in [5.74, 6) is 0.571. The predicted octanol–water partition coefficient (Wildman–Crippen LogP) is 3.73. The van der Waals surface area contributed by atoms with Crippen LogP contribution in [0, 0.1) is 5.82 Å². The van der Waals surface area contributed by atoms with Crippen LogP contribution < -0.4 is 5.32 Å². The Balaban J connectivity index is 1.43. The molecule has 0 saturated heterocycles. The molecule has 2 aromatic carbocycles. The normalized spacial score (nSPS) is 11.0. The summed E-state index contributed by atoms with van der Waals surface area (Å²) in [4.78, 5) is 0. The summed E-state index contributed by atoms with van der Waals surface area (Å²) in [6.45, 7) is 1.17. The molecule has 130 valence electrons. The van der Waals surface area contributed by atoms with Crippen molar-refractivity contribution in [3.63, 3.8) is 0 Å². The lowest BCUT2D eigenvalue weighted by Gasteiger charge is -2.08. The molecule has 0 unspecified atom stereocenters. The molecule has 1 heterocycles. The van der Waals surface area contributed by atoms with Gasteiger partial charge in [-0.15, -0.1) is 5.10 Å². The topological polar surface area (TPSA) is 55.6 Å². The van der Waals surface area contributed by atoms with Gasteiger partial charge in [0.2, 0.25) is 5.16 Å². The number of para-hydroxylation sites is 1. The molecule has 0 fully saturated rings. The molecule has 0 amide bonds. The lowest BCUT2D eigenvalue weighted by Crippen LogP contribution is -2.16. The van der Waals surface area contributed by atoms with Gasteiger partial charge >= 0.3 is 0 Å². The van der Waals surface area contributed by atoms with Crippen molar-refractivity contribution in [2.75, 3.05) is 12.3 Å². The van der Waals surface area contributed by atoms with E-state index in [1.807, 2.05) is 30.3 Å². The zero-order valence-corrected chi connectivity index (χ0v) is 15.0. The third kappa shape index (κ3) is 4.78. The van der Waals surface area contributed by atoms with Gasteiger partial charge in [0.25, 0.3) is 0 Å². The number of benzene rings is 2. The molecular formula is C17H17ClFN5S. The minimum atomic E-state index is -0.281. The largest absolute Gasteiger partial charge is 0.312 e. The van der Waals surface area contributed by atoms with E-state index in [0.29, 0.717) is 17.1 Å². The summed E-state index contributed by atoms with van der Waals surface area (Å²) in [5, 5.41) is 16.2. The van der Waals surface area contributed by atoms with Crippen LogP contribution in [0.25, 0.3) is 5.69 Å². The van der Waals surface area contributed by atoms with Gasteiger partial charge in [0.1, 0.15) is 5.82 Å². The van der Waals surface area contributed by atoms with E-state index in [-0.39, 0.29) is 5.82 Å². The van der Waals surface area contributed by atoms with Gasteiger partial charge in [-0.2, -0.15) is 4.68 Å². The Morgan fingerprint density at radius 2 is 1.96 bits per heavy atom. The maximum atomic E-state index is 13.7. The number of hydrogen-bond donors (Lipinski definition) is 1. The first-order valence-electron chi connectivity index (χ1n) is 7.86. The number of halogens is 2. The van der Waals surface area contributed by atoms with Gasteiger partial charge in [-0.25, -0.2) is 4.39 Å². The Morgan fingerprint density at radius 3 is 2.76 bits per heavy atom. The first-order chi connectivity index (χ1) is 12.3. The van der Waals surface area contributed by atoms with Crippen molar-refractivity contribution >= 4 is 23.4 Å². The summed E-state index contributed by atoms with van der Waals surface area (Å²) in [7, 11) is 0. The Morgan fingerprint density at radius 1 is 1.12 bits per heavy atom. The smallest absolute Gasteiger partial charge is 0.214 e. The van der Waals surface area contributed by atoms with Gasteiger partial charge in [0.15, 0.2) is 0 Å². The fourth-order valence-corrected chi connectivity index (χ4v) is 3.33. The summed E-state index contributed by atoms with van der Waals surface area (Å²) in [6, 6.07) is 14.5. The molecule has 0 saturated carbocycles. The molecular weight excluding hydrogens is 361 g/mol. The van der Waals surface area contributed by atoms with Crippen LogP contribution in [-0.2, 0) is 6.54 Å². The maximum Gasteiger partial charge on any atom is 0.214 e. The van der Waals surface area contributed by atoms with E-state index >= 15 is 0 Å². The minimum absolute atomic E-state index is 0.281. The van der Waals surface area contributed by atoms with E-state index < -0.39 is 0 Å². The summed E-state index contributed by atoms with van der Waals surface area (Å²) >= 11 is 7.59. The molecule has 25 heavy (non-hydrogen) atoms. The molecule has 1 N–H and O–H groups in total. The van der Waals surface area contributed by atoms with Crippen LogP contribution in [-0.4, -0.2) is 32.5 Å². The molecule has 0 aliphatic carbocycles. The van der Waals surface area contributed by atoms with Gasteiger partial charge in [0.05, 0.1) is 5.69 Å². The van der Waals surface area contributed by atoms with Crippen LogP contribution in [0.2, 0.25) is 5.02 Å². The van der Waals surface area contributed by atoms with E-state index in [2.05, 4.69) is 20.8 Å². The van der Waals surface area contributed by atoms with Crippen molar-refractivity contribution in [1.29, 1.82) is 0 Å². The highest BCUT2D eigenvalue weighted by molar-refractivity contribution is 7.99. The van der Waals surface area contributed by atoms with Crippen LogP contribution >= 0.6 is 23.4 Å². The van der Waals surface area contributed by atoms with Crippen molar-refractivity contribution in [2.45, 2.75) is 18.1 Å². The zero-order valence-electron chi connectivity index (χ0n) is 13.4. The molecule has 3 rings (SSSR count). The van der Waals surface area contributed by atoms with Gasteiger partial charge in [-0.1, -0.05) is 47.6 Å². The second kappa shape index (κ2) is 8.94. The van der Waals surface area contributed by atoms with Crippen LogP contribution in [0.3, 0.4) is 0 Å². The lowest BCUT2D eigenvalue weighted by molar-refractivity contribution is 0.587. The third-order valence-corrected chi connectivity index (χ3v) is 4.89. The van der Waals surface area contributed by atoms with Crippen LogP contribution in [0.5, 0.6) is 0 Å². The minimum Gasteiger partial charge on any atom is -0.312 e. The van der Waals surface area contributed by atoms with Crippen LogP contribution in [0.15, 0.2) is 53.7 Å². The van der Waals surface area contributed by atoms with Crippen molar-refractivity contribution in [2.24, 2.45) is 0 Å². The number of rotatable bonds is 8. The van der Waals surface area contributed by atoms with Gasteiger partial charge in [0, 0.05) is 22.9 Å². The highest BCUT2D eigenvalue weighted by atomic mass is 35.5. The van der Waals surface area contributed by atoms with Gasteiger partial charge in [-0.3, -0.25) is 0 Å². The van der Waals surface area contributed by atoms with E-state index in [1.54, 1.807) is 28.6 Å². The van der Waals surface area contributed by atoms with E-state index in [1.165, 1.54) is 6.07 Å². The standard InChI is InChI=1S/C17H17ClFN5S/c18-15-8-4-9-16(19)14(15)12-20-10-5-11-25-17-21-22-23-24(17)13-6-2-1-3-7-13/h1-4,6-9,20H,5,10-12H2. The van der Waals surface area contributed by atoms with E-state index in [0.717, 1.165) is 29.6 Å². The average Bonchev–Trinajstić information content (AvgIpc) is 3.09. The fraction of sp³-hybridized carbons (Fsp3) is 0.235. The molecule has 0 radical (unpaired) electrons. The monoisotopic (exact) mass is 377 g/mol. The van der Waals surface area contributed by atoms with Crippen molar-refractivity contribution < 1.29 is 4.39 Å². The lowest BCUT2D eigenvalue weighted by atomic mass is 10.2. The summed E-state index contributed by atoms with van der Waals surface area (Å²) < 4.78 is 15.4. The number of hydrogen-bond acceptors (Lipinski definition) is 5. The van der Waals surface area contributed by atoms with Gasteiger partial charge < -0.3 is 5.32 Å². The third-order valence-electron chi connectivity index (χ3n) is 3.53. The van der Waals surface area contributed by atoms with Crippen LogP contribution in [0.4, 0.5) is 4.39 Å². The SMILES string of the molecule is Fc1cccc(Cl)c1CNCCCSc1nnnn1-c1ccccc1. The molecule has 0 bridgehead atoms. The van der Waals surface area contributed by atoms with E-state index in [4.69, 9.17) is 11.6 Å². The predicted molar refractivity (Wildman–Crippen MR) is 97.6 cm³/mol. The number of aromatic nitrogens is 4. The van der Waals surface area contributed by atoms with Crippen molar-refractivity contribution in [3.8, 4) is 5.69 Å². The van der Waals surface area contributed by atoms with E-state index in [9.17, 15) is 4.39 Å². The Bertz CT molecular complexity index is 792. The highest BCUT2D eigenvalue weighted by Crippen LogP contribution is 2.19. The first kappa shape index (κ1) is 17.8. The molecule has 1 aromatic heterocycles. The number of nitrogens with one attached hydrogen (secondary N) is 1. The molecule has 0 atom stereocenters. The Kier molecular flexibility index (Phi) is 6.38. The zero-order chi connectivity index (χ0) is 17.5. The van der Waals surface area contributed by atoms with Crippen molar-refractivity contribution in [3.05, 3.63) is 64.9 Å². The van der Waals surface area contributed by atoms with Gasteiger partial charge in [-0.05, 0) is 47.7 Å². The quantitative estimate of drug-likeness (QED) is 0.479. The molecule has 0 aliphatic rings. The number of tetrazole rings is 1. The molecule has 0 aliphatic heterocycles. The summed E-state index contributed by atoms with van der Waals surface area (Å²) in [5.41, 5.74) is 1.44. The molecule has 8 heteroatoms. The fourth-order valence-electron chi connectivity index (χ4n) is 2.28. The molecule has 0 spiro atoms. The maximum absolute atomic E-state index is 13.7. The highest BCUT2D eigenvalue weighted by Gasteiger charge is 2.09. The van der Waals surface area contributed by atoms with Crippen molar-refractivity contribution in [1.82, 2.24) is 25.5 Å². The van der Waals surface area contributed by atoms with Crippen LogP contribution in [0.1, 0.15) is 12.0 Å². The number of nitrogens with zero attached hydrogens (tertiary/aromatic N) is 4. The summed E-state index contributed by atoms with van der Waals surface area (Å²) in [6.07, 6.45) is 0.901. The molecule has 5 nitrogen and oxygen atoms in total. The number of thioether (sulfide) groups is 1. The Hall–Kier alpha value is -1.96. The second-order valence-corrected chi connectivity index (χ2v) is 6.76.